The Bertz CT molecular complexity index is 431. The minimum atomic E-state index is 0.00122. The van der Waals surface area contributed by atoms with Crippen LogP contribution < -0.4 is 5.73 Å². The van der Waals surface area contributed by atoms with Crippen molar-refractivity contribution in [3.05, 3.63) is 18.2 Å². The maximum atomic E-state index is 6.39. The lowest BCUT2D eigenvalue weighted by atomic mass is 9.97. The van der Waals surface area contributed by atoms with Crippen molar-refractivity contribution in [2.75, 3.05) is 40.0 Å². The number of morpholine rings is 1. The number of nitrogens with zero attached hydrogens (tertiary/aromatic N) is 3. The highest BCUT2D eigenvalue weighted by molar-refractivity contribution is 5.07. The fraction of sp³-hybridized carbons (Fsp3) is 0.786. The van der Waals surface area contributed by atoms with Crippen molar-refractivity contribution < 1.29 is 9.47 Å². The number of likely N-dealkylation sites (N-methyl/N-ethyl adjacent to an activating group) is 1. The lowest BCUT2D eigenvalue weighted by Gasteiger charge is -2.31. The van der Waals surface area contributed by atoms with Crippen LogP contribution in [-0.4, -0.2) is 60.5 Å². The maximum Gasteiger partial charge on any atom is 0.0949 e. The Morgan fingerprint density at radius 3 is 3.15 bits per heavy atom. The van der Waals surface area contributed by atoms with E-state index in [1.165, 1.54) is 0 Å². The van der Waals surface area contributed by atoms with E-state index in [-0.39, 0.29) is 12.1 Å². The van der Waals surface area contributed by atoms with E-state index in [0.717, 1.165) is 51.6 Å². The molecule has 0 spiro atoms. The molecule has 0 radical (unpaired) electrons. The van der Waals surface area contributed by atoms with E-state index in [1.807, 2.05) is 12.5 Å². The quantitative estimate of drug-likeness (QED) is 0.856. The van der Waals surface area contributed by atoms with Crippen molar-refractivity contribution in [3.8, 4) is 0 Å². The summed E-state index contributed by atoms with van der Waals surface area (Å²) < 4.78 is 13.4. The van der Waals surface area contributed by atoms with Crippen LogP contribution in [0.3, 0.4) is 0 Å². The van der Waals surface area contributed by atoms with Gasteiger partial charge >= 0.3 is 0 Å². The van der Waals surface area contributed by atoms with Crippen LogP contribution in [0.25, 0.3) is 0 Å². The maximum absolute atomic E-state index is 6.39. The van der Waals surface area contributed by atoms with Gasteiger partial charge in [-0.05, 0) is 13.5 Å². The molecule has 6 heteroatoms. The summed E-state index contributed by atoms with van der Waals surface area (Å²) in [4.78, 5) is 6.57. The van der Waals surface area contributed by atoms with Gasteiger partial charge in [0.2, 0.25) is 0 Å². The highest BCUT2D eigenvalue weighted by Gasteiger charge is 2.27. The second-order valence-corrected chi connectivity index (χ2v) is 5.88. The predicted molar refractivity (Wildman–Crippen MR) is 75.3 cm³/mol. The molecule has 0 aliphatic carbocycles. The van der Waals surface area contributed by atoms with Crippen LogP contribution in [0.4, 0.5) is 0 Å². The minimum Gasteiger partial charge on any atom is -0.381 e. The van der Waals surface area contributed by atoms with Gasteiger partial charge in [0.1, 0.15) is 0 Å². The number of hydrogen-bond donors (Lipinski definition) is 1. The molecule has 2 aliphatic heterocycles. The Morgan fingerprint density at radius 1 is 1.50 bits per heavy atom. The van der Waals surface area contributed by atoms with Crippen LogP contribution >= 0.6 is 0 Å². The largest absolute Gasteiger partial charge is 0.381 e. The van der Waals surface area contributed by atoms with Gasteiger partial charge in [-0.2, -0.15) is 0 Å². The molecule has 3 atom stereocenters. The second kappa shape index (κ2) is 6.22. The third kappa shape index (κ3) is 3.03. The van der Waals surface area contributed by atoms with E-state index in [9.17, 15) is 0 Å². The highest BCUT2D eigenvalue weighted by Crippen LogP contribution is 2.26. The highest BCUT2D eigenvalue weighted by atomic mass is 16.5. The van der Waals surface area contributed by atoms with Crippen LogP contribution in [0.15, 0.2) is 12.5 Å². The minimum absolute atomic E-state index is 0.00122. The Hall–Kier alpha value is -0.950. The van der Waals surface area contributed by atoms with E-state index in [0.29, 0.717) is 5.92 Å². The Labute approximate surface area is 119 Å². The van der Waals surface area contributed by atoms with Gasteiger partial charge in [-0.25, -0.2) is 4.98 Å². The SMILES string of the molecule is CN1CCOC(Cn2cncc2C(N)C2CCOC2)C1. The van der Waals surface area contributed by atoms with E-state index in [2.05, 4.69) is 21.5 Å². The number of nitrogens with two attached hydrogens (primary N) is 1. The summed E-state index contributed by atoms with van der Waals surface area (Å²) in [6.45, 7) is 5.17. The molecule has 112 valence electrons. The molecule has 1 aromatic heterocycles. The van der Waals surface area contributed by atoms with Gasteiger partial charge in [0.25, 0.3) is 0 Å². The summed E-state index contributed by atoms with van der Waals surface area (Å²) in [6.07, 6.45) is 5.00. The van der Waals surface area contributed by atoms with Crippen molar-refractivity contribution in [1.82, 2.24) is 14.5 Å². The third-order valence-electron chi connectivity index (χ3n) is 4.30. The molecule has 1 aromatic rings. The molecule has 3 rings (SSSR count). The number of imidazole rings is 1. The number of rotatable bonds is 4. The van der Waals surface area contributed by atoms with Crippen LogP contribution in [0.2, 0.25) is 0 Å². The molecule has 6 nitrogen and oxygen atoms in total. The molecule has 0 aromatic carbocycles. The molecule has 20 heavy (non-hydrogen) atoms. The molecule has 3 heterocycles. The number of ether oxygens (including phenoxy) is 2. The van der Waals surface area contributed by atoms with Gasteiger partial charge in [-0.3, -0.25) is 0 Å². The molecule has 2 fully saturated rings. The van der Waals surface area contributed by atoms with Crippen LogP contribution in [0.5, 0.6) is 0 Å². The molecule has 0 saturated carbocycles. The Balaban J connectivity index is 1.66. The first-order valence-corrected chi connectivity index (χ1v) is 7.37. The average Bonchev–Trinajstić information content (AvgIpc) is 3.09. The first-order chi connectivity index (χ1) is 9.74. The topological polar surface area (TPSA) is 65.5 Å². The normalized spacial score (nSPS) is 29.7. The molecule has 2 N–H and O–H groups in total. The summed E-state index contributed by atoms with van der Waals surface area (Å²) in [7, 11) is 2.13. The van der Waals surface area contributed by atoms with Crippen LogP contribution in [-0.2, 0) is 16.0 Å². The lowest BCUT2D eigenvalue weighted by molar-refractivity contribution is -0.0279. The van der Waals surface area contributed by atoms with E-state index >= 15 is 0 Å². The zero-order valence-electron chi connectivity index (χ0n) is 12.1. The van der Waals surface area contributed by atoms with Crippen molar-refractivity contribution >= 4 is 0 Å². The van der Waals surface area contributed by atoms with Gasteiger partial charge < -0.3 is 24.7 Å². The molecule has 2 saturated heterocycles. The summed E-state index contributed by atoms with van der Waals surface area (Å²) in [5.41, 5.74) is 7.48. The second-order valence-electron chi connectivity index (χ2n) is 5.88. The fourth-order valence-corrected chi connectivity index (χ4v) is 3.04. The van der Waals surface area contributed by atoms with Gasteiger partial charge in [0.05, 0.1) is 43.9 Å². The molecule has 0 amide bonds. The zero-order valence-corrected chi connectivity index (χ0v) is 12.1. The smallest absolute Gasteiger partial charge is 0.0949 e. The van der Waals surface area contributed by atoms with Crippen LogP contribution in [0.1, 0.15) is 18.2 Å². The van der Waals surface area contributed by atoms with Gasteiger partial charge in [-0.1, -0.05) is 0 Å². The van der Waals surface area contributed by atoms with Gasteiger partial charge in [-0.15, -0.1) is 0 Å². The van der Waals surface area contributed by atoms with Crippen molar-refractivity contribution in [2.24, 2.45) is 11.7 Å². The zero-order chi connectivity index (χ0) is 13.9. The Kier molecular flexibility index (Phi) is 4.35. The monoisotopic (exact) mass is 280 g/mol. The summed E-state index contributed by atoms with van der Waals surface area (Å²) in [5, 5.41) is 0. The van der Waals surface area contributed by atoms with Crippen molar-refractivity contribution in [3.63, 3.8) is 0 Å². The number of aromatic nitrogens is 2. The molecule has 2 aliphatic rings. The van der Waals surface area contributed by atoms with Crippen LogP contribution in [0, 0.1) is 5.92 Å². The summed E-state index contributed by atoms with van der Waals surface area (Å²) in [5.74, 6) is 0.403. The van der Waals surface area contributed by atoms with Crippen molar-refractivity contribution in [2.45, 2.75) is 25.1 Å². The van der Waals surface area contributed by atoms with E-state index in [4.69, 9.17) is 15.2 Å². The van der Waals surface area contributed by atoms with E-state index < -0.39 is 0 Å². The van der Waals surface area contributed by atoms with Gasteiger partial charge in [0.15, 0.2) is 0 Å². The van der Waals surface area contributed by atoms with Gasteiger partial charge in [0, 0.05) is 31.8 Å². The fourth-order valence-electron chi connectivity index (χ4n) is 3.04. The third-order valence-corrected chi connectivity index (χ3v) is 4.30. The molecule has 0 bridgehead atoms. The number of hydrogen-bond acceptors (Lipinski definition) is 5. The van der Waals surface area contributed by atoms with Crippen molar-refractivity contribution in [1.29, 1.82) is 0 Å². The molecular weight excluding hydrogens is 256 g/mol. The first kappa shape index (κ1) is 14.0. The van der Waals surface area contributed by atoms with E-state index in [1.54, 1.807) is 0 Å². The Morgan fingerprint density at radius 2 is 2.40 bits per heavy atom. The standard InChI is InChI=1S/C14H24N4O2/c1-17-3-5-20-12(7-17)8-18-10-16-6-13(18)14(15)11-2-4-19-9-11/h6,10-12,14H,2-5,7-9,15H2,1H3. The average molecular weight is 280 g/mol. The predicted octanol–water partition coefficient (Wildman–Crippen LogP) is 0.250. The molecular formula is C14H24N4O2. The lowest BCUT2D eigenvalue weighted by Crippen LogP contribution is -2.42. The summed E-state index contributed by atoms with van der Waals surface area (Å²) >= 11 is 0. The molecule has 3 unspecified atom stereocenters. The first-order valence-electron chi connectivity index (χ1n) is 7.37. The summed E-state index contributed by atoms with van der Waals surface area (Å²) in [6, 6.07) is 0.00122.